The van der Waals surface area contributed by atoms with E-state index in [1.807, 2.05) is 41.5 Å². The predicted molar refractivity (Wildman–Crippen MR) is 135 cm³/mol. The third-order valence-electron chi connectivity index (χ3n) is 9.73. The normalized spacial score (nSPS) is 39.9. The van der Waals surface area contributed by atoms with Gasteiger partial charge in [0, 0.05) is 25.7 Å². The second-order valence-electron chi connectivity index (χ2n) is 13.9. The molecule has 6 bridgehead atoms. The van der Waals surface area contributed by atoms with Gasteiger partial charge in [-0.2, -0.15) is 0 Å². The van der Waals surface area contributed by atoms with Gasteiger partial charge in [-0.15, -0.1) is 0 Å². The first kappa shape index (κ1) is 28.3. The van der Waals surface area contributed by atoms with E-state index < -0.39 is 27.6 Å². The number of carbonyl (C=O) groups is 3. The summed E-state index contributed by atoms with van der Waals surface area (Å²) in [5.74, 6) is -0.197. The maximum atomic E-state index is 12.4. The Bertz CT molecular complexity index is 905. The van der Waals surface area contributed by atoms with Crippen molar-refractivity contribution in [3.63, 3.8) is 0 Å². The number of hydrogen-bond acceptors (Lipinski definition) is 8. The molecule has 1 heterocycles. The van der Waals surface area contributed by atoms with Crippen molar-refractivity contribution in [2.24, 2.45) is 22.7 Å². The van der Waals surface area contributed by atoms with Crippen LogP contribution in [0.5, 0.6) is 0 Å². The summed E-state index contributed by atoms with van der Waals surface area (Å²) in [7, 11) is 0. The topological polar surface area (TPSA) is 119 Å². The molecule has 210 valence electrons. The van der Waals surface area contributed by atoms with Crippen LogP contribution >= 0.6 is 0 Å². The van der Waals surface area contributed by atoms with E-state index in [9.17, 15) is 24.6 Å². The Labute approximate surface area is 220 Å². The van der Waals surface area contributed by atoms with Crippen molar-refractivity contribution in [1.29, 1.82) is 0 Å². The van der Waals surface area contributed by atoms with Crippen molar-refractivity contribution in [2.75, 3.05) is 0 Å². The van der Waals surface area contributed by atoms with E-state index in [0.717, 1.165) is 44.9 Å². The number of ether oxygens (including phenoxy) is 3. The Kier molecular flexibility index (Phi) is 7.28. The first-order valence-corrected chi connectivity index (χ1v) is 14.1. The van der Waals surface area contributed by atoms with Gasteiger partial charge in [0.15, 0.2) is 0 Å². The zero-order valence-electron chi connectivity index (χ0n) is 23.4. The SMILES string of the molecule is CCC(C)(C)C(=O)OC12CC3CC(O)(CC(O)(C3)C1)C2.CCC(C)(C)C(=O)OC1CCC2CC1OC2=O. The van der Waals surface area contributed by atoms with E-state index in [2.05, 4.69) is 0 Å². The van der Waals surface area contributed by atoms with Crippen molar-refractivity contribution >= 4 is 17.9 Å². The number of fused-ring (bicyclic) bond motifs is 2. The molecule has 8 heteroatoms. The van der Waals surface area contributed by atoms with Crippen molar-refractivity contribution in [3.05, 3.63) is 0 Å². The van der Waals surface area contributed by atoms with Crippen LogP contribution in [0.2, 0.25) is 0 Å². The van der Waals surface area contributed by atoms with Crippen LogP contribution in [-0.4, -0.2) is 57.1 Å². The molecular formula is C29H46O8. The van der Waals surface area contributed by atoms with Gasteiger partial charge in [0.1, 0.15) is 17.8 Å². The highest BCUT2D eigenvalue weighted by atomic mass is 16.6. The Morgan fingerprint density at radius 1 is 0.919 bits per heavy atom. The summed E-state index contributed by atoms with van der Waals surface area (Å²) in [6, 6.07) is 0. The fourth-order valence-corrected chi connectivity index (χ4v) is 7.10. The molecule has 8 nitrogen and oxygen atoms in total. The summed E-state index contributed by atoms with van der Waals surface area (Å²) in [4.78, 5) is 35.7. The van der Waals surface area contributed by atoms with Gasteiger partial charge in [-0.05, 0) is 78.6 Å². The standard InChI is InChI=1S/C16H26O4.C13H20O4/c1-4-13(2,3)12(17)20-16-7-11-5-14(18,9-16)8-15(19,6-11)10-16;1-4-13(2,3)12(15)17-9-6-5-8-7-10(9)16-11(8)14/h11,18-19H,4-10H2,1-3H3;8-10H,4-7H2,1-3H3. The predicted octanol–water partition coefficient (Wildman–Crippen LogP) is 4.22. The maximum Gasteiger partial charge on any atom is 0.312 e. The van der Waals surface area contributed by atoms with Crippen molar-refractivity contribution in [2.45, 2.75) is 141 Å². The van der Waals surface area contributed by atoms with Gasteiger partial charge in [0.25, 0.3) is 0 Å². The summed E-state index contributed by atoms with van der Waals surface area (Å²) in [6.45, 7) is 11.5. The third-order valence-corrected chi connectivity index (χ3v) is 9.73. The van der Waals surface area contributed by atoms with E-state index in [1.54, 1.807) is 0 Å². The average molecular weight is 523 g/mol. The number of hydrogen-bond donors (Lipinski definition) is 2. The largest absolute Gasteiger partial charge is 0.458 e. The quantitative estimate of drug-likeness (QED) is 0.393. The maximum absolute atomic E-state index is 12.4. The van der Waals surface area contributed by atoms with Crippen LogP contribution < -0.4 is 0 Å². The summed E-state index contributed by atoms with van der Waals surface area (Å²) in [6.07, 6.45) is 6.94. The third kappa shape index (κ3) is 5.70. The van der Waals surface area contributed by atoms with E-state index in [0.29, 0.717) is 25.7 Å². The van der Waals surface area contributed by atoms with Crippen LogP contribution in [0.4, 0.5) is 0 Å². The van der Waals surface area contributed by atoms with Crippen LogP contribution in [0, 0.1) is 22.7 Å². The van der Waals surface area contributed by atoms with Gasteiger partial charge in [-0.25, -0.2) is 0 Å². The Morgan fingerprint density at radius 3 is 2.03 bits per heavy atom. The average Bonchev–Trinajstić information content (AvgIpc) is 3.07. The summed E-state index contributed by atoms with van der Waals surface area (Å²) in [5.41, 5.74) is -3.30. The lowest BCUT2D eigenvalue weighted by Crippen LogP contribution is -2.67. The smallest absolute Gasteiger partial charge is 0.312 e. The van der Waals surface area contributed by atoms with Gasteiger partial charge in [0.05, 0.1) is 27.9 Å². The zero-order chi connectivity index (χ0) is 27.4. The zero-order valence-corrected chi connectivity index (χ0v) is 23.4. The fourth-order valence-electron chi connectivity index (χ4n) is 7.10. The molecule has 5 unspecified atom stereocenters. The lowest BCUT2D eigenvalue weighted by molar-refractivity contribution is -0.264. The number of aliphatic hydroxyl groups is 2. The molecular weight excluding hydrogens is 476 g/mol. The first-order valence-electron chi connectivity index (χ1n) is 14.1. The van der Waals surface area contributed by atoms with E-state index in [4.69, 9.17) is 14.2 Å². The molecule has 0 aromatic rings. The van der Waals surface area contributed by atoms with Gasteiger partial charge in [0.2, 0.25) is 0 Å². The molecule has 2 N–H and O–H groups in total. The molecule has 0 radical (unpaired) electrons. The highest BCUT2D eigenvalue weighted by Gasteiger charge is 2.64. The number of carbonyl (C=O) groups excluding carboxylic acids is 3. The monoisotopic (exact) mass is 522 g/mol. The highest BCUT2D eigenvalue weighted by molar-refractivity contribution is 5.77. The number of rotatable bonds is 6. The summed E-state index contributed by atoms with van der Waals surface area (Å²) < 4.78 is 16.6. The fraction of sp³-hybridized carbons (Fsp3) is 0.897. The molecule has 5 aliphatic carbocycles. The summed E-state index contributed by atoms with van der Waals surface area (Å²) in [5, 5.41) is 21.3. The van der Waals surface area contributed by atoms with Gasteiger partial charge >= 0.3 is 17.9 Å². The molecule has 6 rings (SSSR count). The van der Waals surface area contributed by atoms with Crippen molar-refractivity contribution in [3.8, 4) is 0 Å². The second kappa shape index (κ2) is 9.51. The molecule has 0 amide bonds. The molecule has 5 saturated carbocycles. The molecule has 0 aromatic heterocycles. The molecule has 6 aliphatic rings. The van der Waals surface area contributed by atoms with Crippen LogP contribution in [0.3, 0.4) is 0 Å². The Hall–Kier alpha value is -1.67. The van der Waals surface area contributed by atoms with Gasteiger partial charge in [-0.3, -0.25) is 14.4 Å². The molecule has 0 spiro atoms. The first-order chi connectivity index (χ1) is 17.0. The van der Waals surface area contributed by atoms with Gasteiger partial charge < -0.3 is 24.4 Å². The molecule has 0 aromatic carbocycles. The molecule has 6 fully saturated rings. The van der Waals surface area contributed by atoms with Crippen LogP contribution in [0.25, 0.3) is 0 Å². The molecule has 1 aliphatic heterocycles. The Balaban J connectivity index is 0.000000176. The van der Waals surface area contributed by atoms with E-state index in [1.165, 1.54) is 0 Å². The van der Waals surface area contributed by atoms with Crippen molar-refractivity contribution in [1.82, 2.24) is 0 Å². The van der Waals surface area contributed by atoms with Crippen LogP contribution in [0.15, 0.2) is 0 Å². The van der Waals surface area contributed by atoms with Gasteiger partial charge in [-0.1, -0.05) is 13.8 Å². The van der Waals surface area contributed by atoms with E-state index >= 15 is 0 Å². The highest BCUT2D eigenvalue weighted by Crippen LogP contribution is 2.60. The van der Waals surface area contributed by atoms with Crippen molar-refractivity contribution < 1.29 is 38.8 Å². The summed E-state index contributed by atoms with van der Waals surface area (Å²) >= 11 is 0. The lowest BCUT2D eigenvalue weighted by Gasteiger charge is -2.62. The number of esters is 3. The second-order valence-corrected chi connectivity index (χ2v) is 13.9. The van der Waals surface area contributed by atoms with Crippen LogP contribution in [-0.2, 0) is 28.6 Å². The van der Waals surface area contributed by atoms with E-state index in [-0.39, 0.29) is 42.0 Å². The minimum atomic E-state index is -0.842. The minimum Gasteiger partial charge on any atom is -0.458 e. The molecule has 5 atom stereocenters. The molecule has 1 saturated heterocycles. The Morgan fingerprint density at radius 2 is 1.49 bits per heavy atom. The minimum absolute atomic E-state index is 0.0362. The lowest BCUT2D eigenvalue weighted by atomic mass is 9.50. The van der Waals surface area contributed by atoms with Crippen LogP contribution in [0.1, 0.15) is 112 Å². The molecule has 37 heavy (non-hydrogen) atoms.